The molecule has 1 atom stereocenters. The third kappa shape index (κ3) is 3.67. The molecular formula is C12H23NO3. The summed E-state index contributed by atoms with van der Waals surface area (Å²) in [5.41, 5.74) is -1.20. The van der Waals surface area contributed by atoms with Crippen LogP contribution in [0.25, 0.3) is 0 Å². The molecule has 1 unspecified atom stereocenters. The van der Waals surface area contributed by atoms with Crippen LogP contribution in [0.5, 0.6) is 0 Å². The van der Waals surface area contributed by atoms with Gasteiger partial charge in [-0.3, -0.25) is 0 Å². The van der Waals surface area contributed by atoms with Gasteiger partial charge in [-0.05, 0) is 40.0 Å². The molecule has 0 bridgehead atoms. The Morgan fingerprint density at radius 1 is 1.50 bits per heavy atom. The van der Waals surface area contributed by atoms with Gasteiger partial charge in [0.1, 0.15) is 5.60 Å². The summed E-state index contributed by atoms with van der Waals surface area (Å²) in [7, 11) is 0. The first-order valence-electron chi connectivity index (χ1n) is 5.96. The van der Waals surface area contributed by atoms with Crippen LogP contribution in [0.3, 0.4) is 0 Å². The number of piperidine rings is 1. The van der Waals surface area contributed by atoms with Crippen molar-refractivity contribution in [2.24, 2.45) is 0 Å². The average molecular weight is 229 g/mol. The van der Waals surface area contributed by atoms with Crippen molar-refractivity contribution in [2.75, 3.05) is 13.1 Å². The van der Waals surface area contributed by atoms with E-state index in [0.717, 1.165) is 12.8 Å². The van der Waals surface area contributed by atoms with Gasteiger partial charge in [0.2, 0.25) is 0 Å². The zero-order valence-electron chi connectivity index (χ0n) is 10.7. The lowest BCUT2D eigenvalue weighted by atomic mass is 9.91. The summed E-state index contributed by atoms with van der Waals surface area (Å²) in [4.78, 5) is 13.4. The normalized spacial score (nSPS) is 26.7. The summed E-state index contributed by atoms with van der Waals surface area (Å²) in [5.74, 6) is 0. The topological polar surface area (TPSA) is 49.8 Å². The standard InChI is InChI=1S/C12H23NO3/c1-5-12(15)7-6-8-13(9-12)10(14)16-11(2,3)4/h15H,5-9H2,1-4H3. The Hall–Kier alpha value is -0.770. The van der Waals surface area contributed by atoms with Gasteiger partial charge in [0.05, 0.1) is 12.1 Å². The fraction of sp³-hybridized carbons (Fsp3) is 0.917. The molecule has 1 heterocycles. The molecule has 1 aliphatic rings. The van der Waals surface area contributed by atoms with E-state index in [1.54, 1.807) is 4.90 Å². The summed E-state index contributed by atoms with van der Waals surface area (Å²) in [6, 6.07) is 0. The Morgan fingerprint density at radius 2 is 2.12 bits per heavy atom. The molecular weight excluding hydrogens is 206 g/mol. The van der Waals surface area contributed by atoms with Gasteiger partial charge in [0.15, 0.2) is 0 Å². The highest BCUT2D eigenvalue weighted by molar-refractivity contribution is 5.68. The van der Waals surface area contributed by atoms with Crippen LogP contribution in [-0.2, 0) is 4.74 Å². The van der Waals surface area contributed by atoms with Gasteiger partial charge in [-0.1, -0.05) is 6.92 Å². The highest BCUT2D eigenvalue weighted by Gasteiger charge is 2.35. The van der Waals surface area contributed by atoms with Crippen molar-refractivity contribution in [2.45, 2.75) is 58.2 Å². The van der Waals surface area contributed by atoms with Crippen molar-refractivity contribution < 1.29 is 14.6 Å². The zero-order chi connectivity index (χ0) is 12.4. The van der Waals surface area contributed by atoms with Crippen molar-refractivity contribution in [3.8, 4) is 0 Å². The molecule has 0 aromatic rings. The lowest BCUT2D eigenvalue weighted by molar-refractivity contribution is -0.0446. The van der Waals surface area contributed by atoms with Gasteiger partial charge < -0.3 is 14.7 Å². The number of hydrogen-bond donors (Lipinski definition) is 1. The van der Waals surface area contributed by atoms with Crippen LogP contribution in [0.1, 0.15) is 47.0 Å². The summed E-state index contributed by atoms with van der Waals surface area (Å²) >= 11 is 0. The minimum atomic E-state index is -0.727. The Labute approximate surface area is 97.6 Å². The van der Waals surface area contributed by atoms with Gasteiger partial charge in [0, 0.05) is 6.54 Å². The highest BCUT2D eigenvalue weighted by Crippen LogP contribution is 2.25. The first-order chi connectivity index (χ1) is 7.26. The molecule has 0 aromatic carbocycles. The maximum absolute atomic E-state index is 11.8. The second-order valence-corrected chi connectivity index (χ2v) is 5.58. The molecule has 1 amide bonds. The lowest BCUT2D eigenvalue weighted by Gasteiger charge is -2.39. The number of likely N-dealkylation sites (tertiary alicyclic amines) is 1. The molecule has 0 aliphatic carbocycles. The first kappa shape index (κ1) is 13.3. The van der Waals surface area contributed by atoms with Crippen molar-refractivity contribution in [3.05, 3.63) is 0 Å². The molecule has 16 heavy (non-hydrogen) atoms. The maximum Gasteiger partial charge on any atom is 0.410 e. The van der Waals surface area contributed by atoms with E-state index < -0.39 is 11.2 Å². The molecule has 0 spiro atoms. The number of aliphatic hydroxyl groups is 1. The van der Waals surface area contributed by atoms with Crippen LogP contribution in [-0.4, -0.2) is 40.4 Å². The average Bonchev–Trinajstić information content (AvgIpc) is 2.15. The molecule has 94 valence electrons. The number of rotatable bonds is 1. The van der Waals surface area contributed by atoms with Gasteiger partial charge in [-0.2, -0.15) is 0 Å². The molecule has 4 nitrogen and oxygen atoms in total. The van der Waals surface area contributed by atoms with Crippen molar-refractivity contribution in [3.63, 3.8) is 0 Å². The second kappa shape index (κ2) is 4.62. The molecule has 4 heteroatoms. The number of ether oxygens (including phenoxy) is 1. The lowest BCUT2D eigenvalue weighted by Crippen LogP contribution is -2.51. The van der Waals surface area contributed by atoms with Crippen LogP contribution in [0, 0.1) is 0 Å². The number of nitrogens with zero attached hydrogens (tertiary/aromatic N) is 1. The van der Waals surface area contributed by atoms with Crippen molar-refractivity contribution >= 4 is 6.09 Å². The SMILES string of the molecule is CCC1(O)CCCN(C(=O)OC(C)(C)C)C1. The van der Waals surface area contributed by atoms with E-state index in [2.05, 4.69) is 0 Å². The third-order valence-corrected chi connectivity index (χ3v) is 2.87. The fourth-order valence-electron chi connectivity index (χ4n) is 1.88. The summed E-state index contributed by atoms with van der Waals surface area (Å²) in [6.45, 7) is 8.55. The van der Waals surface area contributed by atoms with Crippen LogP contribution < -0.4 is 0 Å². The maximum atomic E-state index is 11.8. The van der Waals surface area contributed by atoms with E-state index in [4.69, 9.17) is 4.74 Å². The smallest absolute Gasteiger partial charge is 0.410 e. The molecule has 0 radical (unpaired) electrons. The minimum Gasteiger partial charge on any atom is -0.444 e. The number of carbonyl (C=O) groups is 1. The van der Waals surface area contributed by atoms with Crippen molar-refractivity contribution in [1.29, 1.82) is 0 Å². The van der Waals surface area contributed by atoms with E-state index in [1.807, 2.05) is 27.7 Å². The second-order valence-electron chi connectivity index (χ2n) is 5.58. The predicted octanol–water partition coefficient (Wildman–Crippen LogP) is 2.16. The predicted molar refractivity (Wildman–Crippen MR) is 62.3 cm³/mol. The van der Waals surface area contributed by atoms with Crippen LogP contribution in [0.2, 0.25) is 0 Å². The molecule has 1 aliphatic heterocycles. The Kier molecular flexibility index (Phi) is 3.84. The first-order valence-corrected chi connectivity index (χ1v) is 5.96. The molecule has 1 fully saturated rings. The Morgan fingerprint density at radius 3 is 2.62 bits per heavy atom. The minimum absolute atomic E-state index is 0.320. The highest BCUT2D eigenvalue weighted by atomic mass is 16.6. The van der Waals surface area contributed by atoms with E-state index >= 15 is 0 Å². The van der Waals surface area contributed by atoms with Crippen LogP contribution in [0.4, 0.5) is 4.79 Å². The van der Waals surface area contributed by atoms with E-state index in [0.29, 0.717) is 19.5 Å². The molecule has 0 saturated carbocycles. The van der Waals surface area contributed by atoms with E-state index in [9.17, 15) is 9.90 Å². The van der Waals surface area contributed by atoms with Gasteiger partial charge in [0.25, 0.3) is 0 Å². The molecule has 0 aromatic heterocycles. The largest absolute Gasteiger partial charge is 0.444 e. The van der Waals surface area contributed by atoms with Crippen LogP contribution >= 0.6 is 0 Å². The number of carbonyl (C=O) groups excluding carboxylic acids is 1. The zero-order valence-corrected chi connectivity index (χ0v) is 10.7. The quantitative estimate of drug-likeness (QED) is 0.749. The van der Waals surface area contributed by atoms with Gasteiger partial charge in [-0.25, -0.2) is 4.79 Å². The Bertz CT molecular complexity index is 259. The summed E-state index contributed by atoms with van der Waals surface area (Å²) < 4.78 is 5.29. The number of β-amino-alcohol motifs (C(OH)–C–C–N with tert-alkyl or cyclic N) is 1. The van der Waals surface area contributed by atoms with E-state index in [1.165, 1.54) is 0 Å². The molecule has 1 saturated heterocycles. The fourth-order valence-corrected chi connectivity index (χ4v) is 1.88. The third-order valence-electron chi connectivity index (χ3n) is 2.87. The van der Waals surface area contributed by atoms with E-state index in [-0.39, 0.29) is 6.09 Å². The number of hydrogen-bond acceptors (Lipinski definition) is 3. The monoisotopic (exact) mass is 229 g/mol. The molecule has 1 rings (SSSR count). The Balaban J connectivity index is 2.57. The molecule has 1 N–H and O–H groups in total. The van der Waals surface area contributed by atoms with Gasteiger partial charge >= 0.3 is 6.09 Å². The number of amides is 1. The van der Waals surface area contributed by atoms with Crippen LogP contribution in [0.15, 0.2) is 0 Å². The summed E-state index contributed by atoms with van der Waals surface area (Å²) in [6.07, 6.45) is 1.96. The van der Waals surface area contributed by atoms with Gasteiger partial charge in [-0.15, -0.1) is 0 Å². The summed E-state index contributed by atoms with van der Waals surface area (Å²) in [5, 5.41) is 10.1. The van der Waals surface area contributed by atoms with Crippen molar-refractivity contribution in [1.82, 2.24) is 4.90 Å².